The van der Waals surface area contributed by atoms with Crippen LogP contribution in [0.4, 0.5) is 4.79 Å². The molecule has 0 aliphatic rings. The van der Waals surface area contributed by atoms with Gasteiger partial charge in [-0.1, -0.05) is 11.8 Å². The second-order valence-corrected chi connectivity index (χ2v) is 9.35. The molecule has 0 bridgehead atoms. The third kappa shape index (κ3) is 6.61. The maximum Gasteiger partial charge on any atom is 0.408 e. The monoisotopic (exact) mass is 472 g/mol. The van der Waals surface area contributed by atoms with E-state index >= 15 is 0 Å². The van der Waals surface area contributed by atoms with Gasteiger partial charge in [0.1, 0.15) is 23.6 Å². The number of hydrogen-bond donors (Lipinski definition) is 2. The molecule has 0 saturated carbocycles. The zero-order valence-corrected chi connectivity index (χ0v) is 20.4. The Balaban J connectivity index is 1.60. The average molecular weight is 473 g/mol. The third-order valence-corrected chi connectivity index (χ3v) is 5.42. The lowest BCUT2D eigenvalue weighted by Gasteiger charge is -2.19. The van der Waals surface area contributed by atoms with Gasteiger partial charge in [-0.15, -0.1) is 0 Å². The Hall–Kier alpha value is -3.27. The number of alkyl carbamates (subject to hydrolysis) is 1. The lowest BCUT2D eigenvalue weighted by Crippen LogP contribution is -2.36. The standard InChI is InChI=1S/C23H28N4O5S/c1-13-10-24-18(14(2)20(13)30-6)12-33-21-26-16-8-7-15(9-17(16)27-21)31-19(28)11-25-22(29)32-23(3,4)5/h7-10H,11-12H2,1-6H3,(H,25,29)(H,26,27). The molecular weight excluding hydrogens is 444 g/mol. The zero-order valence-electron chi connectivity index (χ0n) is 19.6. The first-order chi connectivity index (χ1) is 15.6. The first kappa shape index (κ1) is 24.4. The lowest BCUT2D eigenvalue weighted by molar-refractivity contribution is -0.133. The van der Waals surface area contributed by atoms with Gasteiger partial charge in [-0.25, -0.2) is 14.6 Å². The van der Waals surface area contributed by atoms with Crippen molar-refractivity contribution in [2.45, 2.75) is 51.1 Å². The Bertz CT molecular complexity index is 1170. The van der Waals surface area contributed by atoms with Crippen LogP contribution in [0.5, 0.6) is 11.5 Å². The first-order valence-electron chi connectivity index (χ1n) is 10.3. The number of aryl methyl sites for hydroxylation is 1. The van der Waals surface area contributed by atoms with Gasteiger partial charge in [0, 0.05) is 29.1 Å². The molecule has 2 N–H and O–H groups in total. The van der Waals surface area contributed by atoms with Crippen LogP contribution in [-0.4, -0.2) is 46.3 Å². The number of nitrogens with one attached hydrogen (secondary N) is 2. The summed E-state index contributed by atoms with van der Waals surface area (Å²) in [5.41, 5.74) is 3.76. The number of aromatic nitrogens is 3. The van der Waals surface area contributed by atoms with Crippen LogP contribution in [0.25, 0.3) is 11.0 Å². The van der Waals surface area contributed by atoms with Crippen LogP contribution in [0.2, 0.25) is 0 Å². The predicted molar refractivity (Wildman–Crippen MR) is 126 cm³/mol. The van der Waals surface area contributed by atoms with E-state index in [-0.39, 0.29) is 6.54 Å². The highest BCUT2D eigenvalue weighted by Gasteiger charge is 2.17. The lowest BCUT2D eigenvalue weighted by atomic mass is 10.1. The van der Waals surface area contributed by atoms with E-state index in [2.05, 4.69) is 20.3 Å². The average Bonchev–Trinajstić information content (AvgIpc) is 3.13. The predicted octanol–water partition coefficient (Wildman–Crippen LogP) is 4.31. The number of carbonyl (C=O) groups excluding carboxylic acids is 2. The van der Waals surface area contributed by atoms with Crippen molar-refractivity contribution in [1.82, 2.24) is 20.3 Å². The number of thioether (sulfide) groups is 1. The topological polar surface area (TPSA) is 115 Å². The number of pyridine rings is 1. The van der Waals surface area contributed by atoms with Crippen LogP contribution >= 0.6 is 11.8 Å². The molecule has 3 rings (SSSR count). The molecular formula is C23H28N4O5S. The molecule has 9 nitrogen and oxygen atoms in total. The van der Waals surface area contributed by atoms with Crippen molar-refractivity contribution in [2.75, 3.05) is 13.7 Å². The zero-order chi connectivity index (χ0) is 24.2. The summed E-state index contributed by atoms with van der Waals surface area (Å²) in [6, 6.07) is 5.12. The molecule has 3 aromatic rings. The largest absolute Gasteiger partial charge is 0.496 e. The van der Waals surface area contributed by atoms with Crippen molar-refractivity contribution in [3.63, 3.8) is 0 Å². The molecule has 0 spiro atoms. The fourth-order valence-electron chi connectivity index (χ4n) is 3.07. The van der Waals surface area contributed by atoms with Gasteiger partial charge in [0.2, 0.25) is 0 Å². The van der Waals surface area contributed by atoms with E-state index in [0.29, 0.717) is 17.0 Å². The van der Waals surface area contributed by atoms with Gasteiger partial charge < -0.3 is 24.5 Å². The summed E-state index contributed by atoms with van der Waals surface area (Å²) in [5.74, 6) is 1.20. The summed E-state index contributed by atoms with van der Waals surface area (Å²) < 4.78 is 15.9. The molecule has 0 atom stereocenters. The fourth-order valence-corrected chi connectivity index (χ4v) is 3.98. The van der Waals surface area contributed by atoms with Gasteiger partial charge in [-0.2, -0.15) is 0 Å². The highest BCUT2D eigenvalue weighted by molar-refractivity contribution is 7.98. The number of benzene rings is 1. The molecule has 1 amide bonds. The van der Waals surface area contributed by atoms with Crippen LogP contribution in [0, 0.1) is 13.8 Å². The number of ether oxygens (including phenoxy) is 3. The summed E-state index contributed by atoms with van der Waals surface area (Å²) >= 11 is 1.52. The number of amides is 1. The Morgan fingerprint density at radius 2 is 1.97 bits per heavy atom. The van der Waals surface area contributed by atoms with Gasteiger partial charge >= 0.3 is 12.1 Å². The van der Waals surface area contributed by atoms with Crippen LogP contribution in [0.3, 0.4) is 0 Å². The minimum atomic E-state index is -0.681. The van der Waals surface area contributed by atoms with Crippen LogP contribution in [0.1, 0.15) is 37.6 Å². The number of fused-ring (bicyclic) bond motifs is 1. The van der Waals surface area contributed by atoms with Crippen molar-refractivity contribution in [3.8, 4) is 11.5 Å². The number of rotatable bonds is 7. The molecule has 33 heavy (non-hydrogen) atoms. The third-order valence-electron chi connectivity index (χ3n) is 4.54. The molecule has 2 heterocycles. The fraction of sp³-hybridized carbons (Fsp3) is 0.391. The van der Waals surface area contributed by atoms with Crippen LogP contribution < -0.4 is 14.8 Å². The van der Waals surface area contributed by atoms with E-state index in [1.807, 2.05) is 13.8 Å². The van der Waals surface area contributed by atoms with Crippen molar-refractivity contribution in [2.24, 2.45) is 0 Å². The number of aromatic amines is 1. The first-order valence-corrected chi connectivity index (χ1v) is 11.3. The minimum absolute atomic E-state index is 0.305. The van der Waals surface area contributed by atoms with Crippen molar-refractivity contribution < 1.29 is 23.8 Å². The van der Waals surface area contributed by atoms with Gasteiger partial charge in [0.25, 0.3) is 0 Å². The molecule has 0 radical (unpaired) electrons. The second kappa shape index (κ2) is 10.1. The smallest absolute Gasteiger partial charge is 0.408 e. The number of nitrogens with zero attached hydrogens (tertiary/aromatic N) is 2. The normalized spacial score (nSPS) is 11.3. The molecule has 0 aliphatic heterocycles. The molecule has 1 aromatic carbocycles. The second-order valence-electron chi connectivity index (χ2n) is 8.39. The quantitative estimate of drug-likeness (QED) is 0.297. The van der Waals surface area contributed by atoms with Gasteiger partial charge in [-0.05, 0) is 46.8 Å². The van der Waals surface area contributed by atoms with Gasteiger partial charge in [-0.3, -0.25) is 4.98 Å². The number of esters is 1. The highest BCUT2D eigenvalue weighted by atomic mass is 32.2. The number of methoxy groups -OCH3 is 1. The Morgan fingerprint density at radius 3 is 2.67 bits per heavy atom. The maximum atomic E-state index is 12.0. The molecule has 0 saturated heterocycles. The Labute approximate surface area is 196 Å². The summed E-state index contributed by atoms with van der Waals surface area (Å²) in [5, 5.41) is 3.10. The Kier molecular flexibility index (Phi) is 7.47. The van der Waals surface area contributed by atoms with E-state index in [9.17, 15) is 9.59 Å². The number of H-pyrrole nitrogens is 1. The molecule has 176 valence electrons. The molecule has 2 aromatic heterocycles. The van der Waals surface area contributed by atoms with E-state index in [4.69, 9.17) is 14.2 Å². The summed E-state index contributed by atoms with van der Waals surface area (Å²) in [4.78, 5) is 36.0. The van der Waals surface area contributed by atoms with E-state index in [1.165, 1.54) is 11.8 Å². The van der Waals surface area contributed by atoms with Crippen LogP contribution in [-0.2, 0) is 15.3 Å². The van der Waals surface area contributed by atoms with Crippen molar-refractivity contribution >= 4 is 34.9 Å². The summed E-state index contributed by atoms with van der Waals surface area (Å²) in [6.07, 6.45) is 1.12. The maximum absolute atomic E-state index is 12.0. The molecule has 10 heteroatoms. The van der Waals surface area contributed by atoms with E-state index in [1.54, 1.807) is 52.3 Å². The van der Waals surface area contributed by atoms with Crippen molar-refractivity contribution in [1.29, 1.82) is 0 Å². The summed E-state index contributed by atoms with van der Waals surface area (Å²) in [7, 11) is 1.66. The van der Waals surface area contributed by atoms with Crippen molar-refractivity contribution in [3.05, 3.63) is 41.2 Å². The minimum Gasteiger partial charge on any atom is -0.496 e. The van der Waals surface area contributed by atoms with Crippen LogP contribution in [0.15, 0.2) is 29.6 Å². The molecule has 0 fully saturated rings. The Morgan fingerprint density at radius 1 is 1.21 bits per heavy atom. The SMILES string of the molecule is COc1c(C)cnc(CSc2nc3cc(OC(=O)CNC(=O)OC(C)(C)C)ccc3[nH]2)c1C. The van der Waals surface area contributed by atoms with Gasteiger partial charge in [0.05, 0.1) is 23.8 Å². The number of carbonyl (C=O) groups is 2. The number of hydrogen-bond acceptors (Lipinski definition) is 8. The number of imidazole rings is 1. The molecule has 0 unspecified atom stereocenters. The summed E-state index contributed by atoms with van der Waals surface area (Å²) in [6.45, 7) is 8.88. The molecule has 0 aliphatic carbocycles. The highest BCUT2D eigenvalue weighted by Crippen LogP contribution is 2.29. The van der Waals surface area contributed by atoms with E-state index < -0.39 is 17.7 Å². The van der Waals surface area contributed by atoms with E-state index in [0.717, 1.165) is 33.2 Å². The van der Waals surface area contributed by atoms with Gasteiger partial charge in [0.15, 0.2) is 5.16 Å².